The molecule has 1 aliphatic heterocycles. The minimum atomic E-state index is 0.283. The number of rotatable bonds is 1. The number of anilines is 2. The van der Waals surface area contributed by atoms with E-state index in [1.54, 1.807) is 0 Å². The van der Waals surface area contributed by atoms with Gasteiger partial charge in [-0.2, -0.15) is 15.0 Å². The van der Waals surface area contributed by atoms with Crippen LogP contribution in [0.4, 0.5) is 11.4 Å². The zero-order chi connectivity index (χ0) is 14.8. The van der Waals surface area contributed by atoms with E-state index in [-0.39, 0.29) is 6.04 Å². The highest BCUT2D eigenvalue weighted by atomic mass is 15.5. The first-order chi connectivity index (χ1) is 9.34. The molecule has 3 rings (SSSR count). The fraction of sp³-hybridized carbons (Fsp3) is 0.600. The van der Waals surface area contributed by atoms with E-state index >= 15 is 0 Å². The van der Waals surface area contributed by atoms with Crippen molar-refractivity contribution < 1.29 is 0 Å². The van der Waals surface area contributed by atoms with Gasteiger partial charge in [-0.3, -0.25) is 0 Å². The molecule has 0 N–H and O–H groups in total. The summed E-state index contributed by atoms with van der Waals surface area (Å²) in [6.45, 7) is 10.7. The molecule has 0 bridgehead atoms. The summed E-state index contributed by atoms with van der Waals surface area (Å²) < 4.78 is 0. The molecule has 5 nitrogen and oxygen atoms in total. The van der Waals surface area contributed by atoms with Gasteiger partial charge in [-0.05, 0) is 34.6 Å². The summed E-state index contributed by atoms with van der Waals surface area (Å²) in [5.74, 6) is 0. The molecule has 0 amide bonds. The topological polar surface area (TPSA) is 37.2 Å². The maximum Gasteiger partial charge on any atom is 0.118 e. The van der Waals surface area contributed by atoms with Gasteiger partial charge in [0.1, 0.15) is 11.0 Å². The largest absolute Gasteiger partial charge is 0.353 e. The number of hydrogen-bond donors (Lipinski definition) is 0. The maximum absolute atomic E-state index is 4.69. The van der Waals surface area contributed by atoms with Crippen molar-refractivity contribution in [1.29, 1.82) is 0 Å². The fourth-order valence-corrected chi connectivity index (χ4v) is 3.13. The smallest absolute Gasteiger partial charge is 0.118 e. The van der Waals surface area contributed by atoms with Crippen LogP contribution < -0.4 is 9.80 Å². The number of benzene rings is 1. The highest BCUT2D eigenvalue weighted by Gasteiger charge is 2.33. The molecule has 1 aromatic carbocycles. The van der Waals surface area contributed by atoms with Crippen molar-refractivity contribution in [3.8, 4) is 0 Å². The Morgan fingerprint density at radius 2 is 1.30 bits per heavy atom. The van der Waals surface area contributed by atoms with Gasteiger partial charge in [0.15, 0.2) is 0 Å². The van der Waals surface area contributed by atoms with Crippen molar-refractivity contribution in [2.75, 3.05) is 23.9 Å². The summed E-state index contributed by atoms with van der Waals surface area (Å²) in [4.78, 5) is 6.47. The van der Waals surface area contributed by atoms with Gasteiger partial charge >= 0.3 is 0 Å². The highest BCUT2D eigenvalue weighted by molar-refractivity contribution is 5.98. The van der Waals surface area contributed by atoms with Gasteiger partial charge in [0.25, 0.3) is 0 Å². The Kier molecular flexibility index (Phi) is 2.71. The molecule has 2 aromatic rings. The Hall–Kier alpha value is -1.78. The molecule has 108 valence electrons. The monoisotopic (exact) mass is 273 g/mol. The van der Waals surface area contributed by atoms with Gasteiger partial charge < -0.3 is 9.80 Å². The second-order valence-electron chi connectivity index (χ2n) is 6.11. The number of hydrogen-bond acceptors (Lipinski definition) is 4. The number of aryl methyl sites for hydroxylation is 2. The van der Waals surface area contributed by atoms with E-state index in [9.17, 15) is 0 Å². The quantitative estimate of drug-likeness (QED) is 0.800. The summed E-state index contributed by atoms with van der Waals surface area (Å²) in [7, 11) is 4.30. The molecule has 1 aromatic heterocycles. The zero-order valence-electron chi connectivity index (χ0n) is 13.4. The van der Waals surface area contributed by atoms with Crippen LogP contribution in [0.5, 0.6) is 0 Å². The number of aromatic nitrogens is 3. The first kappa shape index (κ1) is 13.2. The van der Waals surface area contributed by atoms with Gasteiger partial charge in [0.05, 0.1) is 23.6 Å². The van der Waals surface area contributed by atoms with Crippen LogP contribution in [0.25, 0.3) is 11.0 Å². The van der Waals surface area contributed by atoms with E-state index in [0.717, 1.165) is 11.0 Å². The van der Waals surface area contributed by atoms with Crippen LogP contribution in [0.2, 0.25) is 0 Å². The average molecular weight is 273 g/mol. The Morgan fingerprint density at radius 1 is 0.900 bits per heavy atom. The Balaban J connectivity index is 2.37. The molecule has 20 heavy (non-hydrogen) atoms. The van der Waals surface area contributed by atoms with Crippen LogP contribution >= 0.6 is 0 Å². The third-order valence-electron chi connectivity index (χ3n) is 4.56. The second kappa shape index (κ2) is 4.11. The summed E-state index contributed by atoms with van der Waals surface area (Å²) in [6, 6.07) is 0.283. The minimum Gasteiger partial charge on any atom is -0.353 e. The number of fused-ring (bicyclic) bond motifs is 2. The van der Waals surface area contributed by atoms with Crippen molar-refractivity contribution in [3.63, 3.8) is 0 Å². The van der Waals surface area contributed by atoms with E-state index in [4.69, 9.17) is 10.2 Å². The van der Waals surface area contributed by atoms with Crippen molar-refractivity contribution >= 4 is 22.4 Å². The molecule has 1 aliphatic rings. The lowest BCUT2D eigenvalue weighted by molar-refractivity contribution is 0.472. The SMILES string of the molecule is Cc1c2c(c(C)c3nn(C(C)C)nc13)N(C)C(C)N2C. The second-order valence-corrected chi connectivity index (χ2v) is 6.11. The lowest BCUT2D eigenvalue weighted by atomic mass is 10.0. The molecule has 0 saturated heterocycles. The van der Waals surface area contributed by atoms with E-state index in [0.29, 0.717) is 6.17 Å². The Morgan fingerprint density at radius 3 is 1.65 bits per heavy atom. The van der Waals surface area contributed by atoms with Crippen molar-refractivity contribution in [1.82, 2.24) is 15.0 Å². The molecule has 2 heterocycles. The third-order valence-corrected chi connectivity index (χ3v) is 4.56. The molecule has 0 unspecified atom stereocenters. The molecule has 0 radical (unpaired) electrons. The van der Waals surface area contributed by atoms with Crippen LogP contribution in [-0.4, -0.2) is 35.3 Å². The molecule has 0 atom stereocenters. The van der Waals surface area contributed by atoms with Crippen LogP contribution in [0, 0.1) is 13.8 Å². The lowest BCUT2D eigenvalue weighted by Gasteiger charge is -2.23. The minimum absolute atomic E-state index is 0.283. The maximum atomic E-state index is 4.69. The fourth-order valence-electron chi connectivity index (χ4n) is 3.13. The average Bonchev–Trinajstić information content (AvgIpc) is 2.93. The summed E-state index contributed by atoms with van der Waals surface area (Å²) in [6.07, 6.45) is 0.367. The summed E-state index contributed by atoms with van der Waals surface area (Å²) in [5, 5.41) is 9.39. The predicted octanol–water partition coefficient (Wildman–Crippen LogP) is 2.86. The molecular weight excluding hydrogens is 250 g/mol. The predicted molar refractivity (Wildman–Crippen MR) is 83.7 cm³/mol. The van der Waals surface area contributed by atoms with Gasteiger partial charge in [-0.15, -0.1) is 0 Å². The first-order valence-electron chi connectivity index (χ1n) is 7.20. The molecule has 0 saturated carbocycles. The van der Waals surface area contributed by atoms with Crippen molar-refractivity contribution in [2.24, 2.45) is 0 Å². The normalized spacial score (nSPS) is 15.8. The third kappa shape index (κ3) is 1.49. The lowest BCUT2D eigenvalue weighted by Crippen LogP contribution is -2.36. The number of nitrogens with zero attached hydrogens (tertiary/aromatic N) is 5. The molecule has 0 fully saturated rings. The van der Waals surface area contributed by atoms with Gasteiger partial charge in [0.2, 0.25) is 0 Å². The van der Waals surface area contributed by atoms with Gasteiger partial charge in [-0.25, -0.2) is 0 Å². The van der Waals surface area contributed by atoms with Gasteiger partial charge in [0, 0.05) is 25.2 Å². The highest BCUT2D eigenvalue weighted by Crippen LogP contribution is 2.45. The van der Waals surface area contributed by atoms with E-state index in [1.807, 2.05) is 4.80 Å². The zero-order valence-corrected chi connectivity index (χ0v) is 13.4. The first-order valence-corrected chi connectivity index (χ1v) is 7.20. The Labute approximate surface area is 120 Å². The molecule has 0 aliphatic carbocycles. The van der Waals surface area contributed by atoms with E-state index in [2.05, 4.69) is 58.5 Å². The molecular formula is C15H23N5. The van der Waals surface area contributed by atoms with Crippen LogP contribution in [0.15, 0.2) is 0 Å². The van der Waals surface area contributed by atoms with Crippen molar-refractivity contribution in [3.05, 3.63) is 11.1 Å². The van der Waals surface area contributed by atoms with Crippen LogP contribution in [0.3, 0.4) is 0 Å². The van der Waals surface area contributed by atoms with Gasteiger partial charge in [-0.1, -0.05) is 0 Å². The summed E-state index contributed by atoms with van der Waals surface area (Å²) in [5.41, 5.74) is 7.10. The van der Waals surface area contributed by atoms with Crippen molar-refractivity contribution in [2.45, 2.75) is 46.8 Å². The van der Waals surface area contributed by atoms with E-state index < -0.39 is 0 Å². The summed E-state index contributed by atoms with van der Waals surface area (Å²) >= 11 is 0. The Bertz CT molecular complexity index is 632. The van der Waals surface area contributed by atoms with Crippen LogP contribution in [-0.2, 0) is 0 Å². The molecule has 5 heteroatoms. The van der Waals surface area contributed by atoms with E-state index in [1.165, 1.54) is 22.5 Å². The molecule has 0 spiro atoms. The standard InChI is InChI=1S/C15H23N5/c1-8(2)20-16-12-9(3)14-15(10(4)13(12)17-20)19(7)11(5)18(14)6/h8,11H,1-7H3. The van der Waals surface area contributed by atoms with Crippen LogP contribution in [0.1, 0.15) is 37.9 Å².